The molecule has 4 heterocycles. The molecule has 1 aromatic carbocycles. The predicted molar refractivity (Wildman–Crippen MR) is 152 cm³/mol. The number of hydrogen-bond donors (Lipinski definition) is 1. The Bertz CT molecular complexity index is 1310. The van der Waals surface area contributed by atoms with Crippen LogP contribution in [0.2, 0.25) is 5.02 Å². The van der Waals surface area contributed by atoms with E-state index in [-0.39, 0.29) is 5.91 Å². The van der Waals surface area contributed by atoms with E-state index in [1.165, 1.54) is 0 Å². The molecule has 0 saturated carbocycles. The molecule has 208 valence electrons. The van der Waals surface area contributed by atoms with E-state index in [9.17, 15) is 4.79 Å². The minimum atomic E-state index is 0.0981. The number of rotatable bonds is 7. The van der Waals surface area contributed by atoms with Crippen molar-refractivity contribution in [1.29, 1.82) is 0 Å². The van der Waals surface area contributed by atoms with E-state index in [2.05, 4.69) is 32.2 Å². The van der Waals surface area contributed by atoms with Gasteiger partial charge in [0.05, 0.1) is 11.9 Å². The Morgan fingerprint density at radius 3 is 2.62 bits per heavy atom. The molecular weight excluding hydrogens is 516 g/mol. The number of aryl methyl sites for hydroxylation is 2. The fourth-order valence-electron chi connectivity index (χ4n) is 5.71. The van der Waals surface area contributed by atoms with Gasteiger partial charge in [0.25, 0.3) is 11.8 Å². The minimum Gasteiger partial charge on any atom is -0.402 e. The summed E-state index contributed by atoms with van der Waals surface area (Å²) in [5.41, 5.74) is 3.08. The molecule has 10 nitrogen and oxygen atoms in total. The molecular formula is C28H37ClN8O2. The van der Waals surface area contributed by atoms with Crippen molar-refractivity contribution in [2.24, 2.45) is 0 Å². The van der Waals surface area contributed by atoms with Crippen molar-refractivity contribution in [3.8, 4) is 11.6 Å². The second kappa shape index (κ2) is 11.9. The van der Waals surface area contributed by atoms with Crippen LogP contribution < -0.4 is 10.2 Å². The minimum absolute atomic E-state index is 0.0981. The van der Waals surface area contributed by atoms with Gasteiger partial charge >= 0.3 is 6.01 Å². The highest BCUT2D eigenvalue weighted by molar-refractivity contribution is 6.31. The lowest BCUT2D eigenvalue weighted by Crippen LogP contribution is -2.58. The van der Waals surface area contributed by atoms with Crippen molar-refractivity contribution in [3.05, 3.63) is 46.2 Å². The molecule has 1 atom stereocenters. The summed E-state index contributed by atoms with van der Waals surface area (Å²) in [4.78, 5) is 29.5. The van der Waals surface area contributed by atoms with E-state index in [0.717, 1.165) is 74.6 Å². The first-order chi connectivity index (χ1) is 18.9. The van der Waals surface area contributed by atoms with Gasteiger partial charge in [-0.05, 0) is 63.8 Å². The van der Waals surface area contributed by atoms with Crippen molar-refractivity contribution in [3.63, 3.8) is 0 Å². The Balaban J connectivity index is 1.20. The molecule has 2 aliphatic heterocycles. The molecule has 0 bridgehead atoms. The summed E-state index contributed by atoms with van der Waals surface area (Å²) in [5.74, 6) is 1.36. The van der Waals surface area contributed by atoms with E-state index >= 15 is 0 Å². The molecule has 0 aliphatic carbocycles. The molecule has 2 aromatic heterocycles. The summed E-state index contributed by atoms with van der Waals surface area (Å²) in [6.45, 7) is 13.2. The van der Waals surface area contributed by atoms with Gasteiger partial charge in [-0.2, -0.15) is 0 Å². The number of carbonyl (C=O) groups excluding carboxylic acids is 1. The van der Waals surface area contributed by atoms with Gasteiger partial charge in [-0.3, -0.25) is 9.69 Å². The number of likely N-dealkylation sites (tertiary alicyclic amines) is 1. The van der Waals surface area contributed by atoms with Crippen LogP contribution in [0.3, 0.4) is 0 Å². The Hall–Kier alpha value is -3.24. The number of nitrogens with one attached hydrogen (secondary N) is 1. The fraction of sp³-hybridized carbons (Fsp3) is 0.536. The lowest BCUT2D eigenvalue weighted by Gasteiger charge is -2.47. The number of aromatic nitrogens is 4. The van der Waals surface area contributed by atoms with Crippen LogP contribution in [0.25, 0.3) is 11.6 Å². The van der Waals surface area contributed by atoms with Crippen LogP contribution in [0.4, 0.5) is 11.8 Å². The van der Waals surface area contributed by atoms with E-state index < -0.39 is 0 Å². The zero-order valence-electron chi connectivity index (χ0n) is 23.2. The molecule has 0 spiro atoms. The van der Waals surface area contributed by atoms with Crippen LogP contribution in [-0.4, -0.2) is 87.2 Å². The second-order valence-electron chi connectivity index (χ2n) is 10.3. The standard InChI is InChI=1S/C28H37ClN8O2/c1-5-21-17-36(25-19(4)32-24(16-31-25)26-33-34-28(39-26)30-6-2)13-14-37(21)22-9-11-35(12-10-22)27(38)20-7-8-23(29)18(3)15-20/h7-8,15-16,21-22H,5-6,9-14,17H2,1-4H3,(H,30,34)/t21-/m0/s1. The smallest absolute Gasteiger partial charge is 0.315 e. The van der Waals surface area contributed by atoms with Crippen LogP contribution in [0.5, 0.6) is 0 Å². The molecule has 0 radical (unpaired) electrons. The third-order valence-corrected chi connectivity index (χ3v) is 8.24. The molecule has 39 heavy (non-hydrogen) atoms. The number of anilines is 2. The molecule has 5 rings (SSSR count). The highest BCUT2D eigenvalue weighted by Gasteiger charge is 2.35. The van der Waals surface area contributed by atoms with E-state index in [4.69, 9.17) is 26.0 Å². The second-order valence-corrected chi connectivity index (χ2v) is 10.7. The Labute approximate surface area is 234 Å². The maximum Gasteiger partial charge on any atom is 0.315 e. The SMILES string of the molecule is CCNc1nnc(-c2cnc(N3CCN(C4CCN(C(=O)c5ccc(Cl)c(C)c5)CC4)[C@@H](CC)C3)c(C)n2)o1. The first-order valence-electron chi connectivity index (χ1n) is 13.8. The zero-order chi connectivity index (χ0) is 27.5. The summed E-state index contributed by atoms with van der Waals surface area (Å²) < 4.78 is 5.64. The van der Waals surface area contributed by atoms with Gasteiger partial charge in [0.2, 0.25) is 0 Å². The normalized spacial score (nSPS) is 18.9. The quantitative estimate of drug-likeness (QED) is 0.455. The van der Waals surface area contributed by atoms with Crippen LogP contribution in [0.1, 0.15) is 54.7 Å². The Morgan fingerprint density at radius 1 is 1.13 bits per heavy atom. The van der Waals surface area contributed by atoms with Gasteiger partial charge in [-0.15, -0.1) is 5.10 Å². The fourth-order valence-corrected chi connectivity index (χ4v) is 5.82. The number of nitrogens with zero attached hydrogens (tertiary/aromatic N) is 7. The molecule has 2 aliphatic rings. The summed E-state index contributed by atoms with van der Waals surface area (Å²) >= 11 is 6.15. The van der Waals surface area contributed by atoms with Gasteiger partial charge in [-0.25, -0.2) is 9.97 Å². The number of amides is 1. The summed E-state index contributed by atoms with van der Waals surface area (Å²) in [5, 5.41) is 11.8. The number of hydrogen-bond acceptors (Lipinski definition) is 9. The highest BCUT2D eigenvalue weighted by atomic mass is 35.5. The lowest BCUT2D eigenvalue weighted by molar-refractivity contribution is 0.0490. The van der Waals surface area contributed by atoms with E-state index in [0.29, 0.717) is 41.3 Å². The Kier molecular flexibility index (Phi) is 8.32. The van der Waals surface area contributed by atoms with Crippen molar-refractivity contribution < 1.29 is 9.21 Å². The van der Waals surface area contributed by atoms with Gasteiger partial charge < -0.3 is 19.5 Å². The van der Waals surface area contributed by atoms with Crippen LogP contribution >= 0.6 is 11.6 Å². The van der Waals surface area contributed by atoms with E-state index in [1.807, 2.05) is 43.9 Å². The molecule has 11 heteroatoms. The number of carbonyl (C=O) groups is 1. The van der Waals surface area contributed by atoms with Gasteiger partial charge in [0.15, 0.2) is 0 Å². The third-order valence-electron chi connectivity index (χ3n) is 7.82. The molecule has 3 aromatic rings. The monoisotopic (exact) mass is 552 g/mol. The summed E-state index contributed by atoms with van der Waals surface area (Å²) in [7, 11) is 0. The van der Waals surface area contributed by atoms with E-state index in [1.54, 1.807) is 6.20 Å². The Morgan fingerprint density at radius 2 is 1.92 bits per heavy atom. The maximum absolute atomic E-state index is 13.1. The van der Waals surface area contributed by atoms with Crippen molar-refractivity contribution in [2.45, 2.75) is 59.0 Å². The van der Waals surface area contributed by atoms with Crippen LogP contribution in [-0.2, 0) is 0 Å². The first kappa shape index (κ1) is 27.3. The molecule has 2 saturated heterocycles. The first-order valence-corrected chi connectivity index (χ1v) is 14.2. The average molecular weight is 553 g/mol. The number of piperazine rings is 1. The average Bonchev–Trinajstić information content (AvgIpc) is 3.43. The third kappa shape index (κ3) is 5.86. The lowest BCUT2D eigenvalue weighted by atomic mass is 9.97. The molecule has 1 N–H and O–H groups in total. The number of benzene rings is 1. The molecule has 2 fully saturated rings. The number of piperidine rings is 1. The summed E-state index contributed by atoms with van der Waals surface area (Å²) in [6, 6.07) is 6.82. The van der Waals surface area contributed by atoms with Crippen molar-refractivity contribution in [1.82, 2.24) is 30.0 Å². The largest absolute Gasteiger partial charge is 0.402 e. The van der Waals surface area contributed by atoms with Crippen molar-refractivity contribution in [2.75, 3.05) is 49.5 Å². The molecule has 0 unspecified atom stereocenters. The van der Waals surface area contributed by atoms with Gasteiger partial charge in [0, 0.05) is 61.9 Å². The van der Waals surface area contributed by atoms with Crippen molar-refractivity contribution >= 4 is 29.3 Å². The maximum atomic E-state index is 13.1. The van der Waals surface area contributed by atoms with Crippen LogP contribution in [0.15, 0.2) is 28.8 Å². The highest BCUT2D eigenvalue weighted by Crippen LogP contribution is 2.28. The predicted octanol–water partition coefficient (Wildman–Crippen LogP) is 4.43. The topological polar surface area (TPSA) is 104 Å². The molecule has 1 amide bonds. The summed E-state index contributed by atoms with van der Waals surface area (Å²) in [6.07, 6.45) is 4.75. The van der Waals surface area contributed by atoms with Crippen LogP contribution in [0, 0.1) is 13.8 Å². The zero-order valence-corrected chi connectivity index (χ0v) is 23.9. The number of halogens is 1. The van der Waals surface area contributed by atoms with Gasteiger partial charge in [0.1, 0.15) is 11.5 Å². The van der Waals surface area contributed by atoms with Gasteiger partial charge in [-0.1, -0.05) is 23.6 Å².